The number of phenols is 1. The number of aromatic amines is 2. The van der Waals surface area contributed by atoms with E-state index in [-0.39, 0.29) is 80.9 Å². The van der Waals surface area contributed by atoms with Crippen LogP contribution in [0.2, 0.25) is 0 Å². The van der Waals surface area contributed by atoms with Gasteiger partial charge in [-0.25, -0.2) is 0 Å². The predicted octanol–water partition coefficient (Wildman–Crippen LogP) is -4.07. The number of thioether (sulfide) groups is 1. The Hall–Kier alpha value is -16.6. The average Bonchev–Trinajstić information content (AvgIpc) is 1.87. The second-order valence-electron chi connectivity index (χ2n) is 36.2. The summed E-state index contributed by atoms with van der Waals surface area (Å²) in [5.41, 5.74) is 14.2. The molecule has 2 aliphatic heterocycles. The SMILES string of the molecule is CSCC[C@H](NC(=O)[C@H](Cc1c[nH]c2ccccc12)NC(=O)CNC(=O)[C@H](Cc1ccc(O)cc1)NC(=O)[C@H](C)NC(=O)[C@H](CCC(=O)O)NC(=O)[C@H](CCC(=O)O)NC(=O)[C@H](CCC(=O)O)NC(=O)[C@H](CCC(=O)O)NC(=O)[C@H](CCC(N)=O)NC(=O)[C@H](CC(C)C)NC(=O)[C@H](Cc1c[nH]c2ccccc12)NC(=O)[C@@H]1CCCN1C(=O)CNC(=O)[C@@H]1CCC(=O)N1)C(=O)N[C@@H](CC(=O)O)C(=O)N[C@@H](Cc1ccccc1)C(N)=O. The van der Waals surface area contributed by atoms with Crippen LogP contribution < -0.4 is 96.5 Å². The van der Waals surface area contributed by atoms with Gasteiger partial charge in [-0.3, -0.25) is 115 Å². The van der Waals surface area contributed by atoms with Crippen molar-refractivity contribution in [2.75, 3.05) is 31.6 Å². The lowest BCUT2D eigenvalue weighted by molar-refractivity contribution is -0.141. The number of fused-ring (bicyclic) bond motifs is 2. The average molecular weight is 2100 g/mol. The van der Waals surface area contributed by atoms with Crippen molar-refractivity contribution in [2.24, 2.45) is 17.4 Å². The molecule has 0 saturated carbocycles. The van der Waals surface area contributed by atoms with Gasteiger partial charge in [-0.15, -0.1) is 0 Å². The third kappa shape index (κ3) is 38.4. The van der Waals surface area contributed by atoms with Gasteiger partial charge < -0.3 is 142 Å². The zero-order valence-corrected chi connectivity index (χ0v) is 82.7. The number of carboxylic acids is 5. The standard InChI is InChI=1S/C97H125N21O30S/c1-49(2)39-68(115-95(146)71(43-54-46-101-59-18-11-9-16-57(54)59)117-97(148)73-19-12-37-118(73)77(123)48-103-85(136)60-25-31-75(121)105-60)93(144)111-61(24-30-74(98)120)88(139)108-64(28-34-80(128)129)90(141)110-65(29-35-81(130)131)91(142)109-63(27-33-79(126)127)89(140)107-62(26-32-78(124)125)87(138)104-50(3)84(135)114-69(41-52-20-22-55(119)23-21-52)86(137)102-47-76(122)106-70(42-53-45-100-58-17-10-8-15-56(53)58)94(145)112-66(36-38-149-4)92(143)116-72(44-82(132)133)96(147)113-67(83(99)134)40-51-13-6-5-7-14-51/h5-11,13-18,20-23,45-46,49-50,60-73,100-101,119H,12,19,24-44,47-48H2,1-4H3,(H2,98,120)(H2,99,134)(H,102,137)(H,103,136)(H,104,138)(H,105,121)(H,106,122)(H,107,140)(H,108,139)(H,109,142)(H,110,141)(H,111,144)(H,112,145)(H,113,147)(H,114,135)(H,115,146)(H,116,143)(H,117,148)(H,124,125)(H,126,127)(H,128,129)(H,130,131)(H,132,133)/t50-,60-,61-,62-,63-,64-,65-,66-,67-,68-,69-,70-,71-,72-,73-/m0/s1. The normalized spacial score (nSPS) is 15.7. The van der Waals surface area contributed by atoms with Gasteiger partial charge >= 0.3 is 29.8 Å². The van der Waals surface area contributed by atoms with E-state index in [0.717, 1.165) is 6.92 Å². The number of likely N-dealkylation sites (tertiary alicyclic amines) is 1. The number of benzene rings is 4. The monoisotopic (exact) mass is 2100 g/mol. The van der Waals surface area contributed by atoms with Gasteiger partial charge in [0.15, 0.2) is 0 Å². The molecule has 0 spiro atoms. The molecule has 2 aliphatic rings. The van der Waals surface area contributed by atoms with Crippen molar-refractivity contribution in [1.29, 1.82) is 0 Å². The summed E-state index contributed by atoms with van der Waals surface area (Å²) in [5.74, 6) is -28.4. The molecule has 2 aromatic heterocycles. The molecule has 804 valence electrons. The van der Waals surface area contributed by atoms with Crippen molar-refractivity contribution in [3.63, 3.8) is 0 Å². The predicted molar refractivity (Wildman–Crippen MR) is 528 cm³/mol. The summed E-state index contributed by atoms with van der Waals surface area (Å²) in [6.07, 6.45) is -5.36. The number of amides is 19. The summed E-state index contributed by atoms with van der Waals surface area (Å²) >= 11 is 1.24. The fraction of sp³-hybridized carbons (Fsp3) is 0.464. The third-order valence-electron chi connectivity index (χ3n) is 24.2. The van der Waals surface area contributed by atoms with Crippen LogP contribution in [0.5, 0.6) is 5.75 Å². The molecular weight excluding hydrogens is 1970 g/mol. The first kappa shape index (κ1) is 118. The number of aromatic hydroxyl groups is 1. The summed E-state index contributed by atoms with van der Waals surface area (Å²) in [7, 11) is 0. The summed E-state index contributed by atoms with van der Waals surface area (Å²) < 4.78 is 0. The van der Waals surface area contributed by atoms with Gasteiger partial charge in [0.1, 0.15) is 96.4 Å². The summed E-state index contributed by atoms with van der Waals surface area (Å²) in [6, 6.07) is 2.12. The van der Waals surface area contributed by atoms with E-state index in [9.17, 15) is 146 Å². The highest BCUT2D eigenvalue weighted by atomic mass is 32.2. The lowest BCUT2D eigenvalue weighted by Crippen LogP contribution is -2.61. The molecule has 51 nitrogen and oxygen atoms in total. The van der Waals surface area contributed by atoms with E-state index in [4.69, 9.17) is 11.5 Å². The Morgan fingerprint density at radius 3 is 1.26 bits per heavy atom. The van der Waals surface area contributed by atoms with Crippen molar-refractivity contribution < 1.29 is 146 Å². The molecule has 0 unspecified atom stereocenters. The fourth-order valence-electron chi connectivity index (χ4n) is 16.4. The fourth-order valence-corrected chi connectivity index (χ4v) is 16.8. The Morgan fingerprint density at radius 2 is 0.805 bits per heavy atom. The summed E-state index contributed by atoms with van der Waals surface area (Å²) in [6.45, 7) is 2.98. The summed E-state index contributed by atoms with van der Waals surface area (Å²) in [5, 5.41) is 99.5. The Kier molecular flexibility index (Phi) is 45.7. The number of H-pyrrole nitrogens is 2. The number of nitrogens with zero attached hydrogens (tertiary/aromatic N) is 1. The van der Waals surface area contributed by atoms with Crippen molar-refractivity contribution in [1.82, 2.24) is 99.9 Å². The number of hydrogen-bond donors (Lipinski definition) is 26. The lowest BCUT2D eigenvalue weighted by Gasteiger charge is -2.29. The van der Waals surface area contributed by atoms with Crippen molar-refractivity contribution >= 4 is 176 Å². The van der Waals surface area contributed by atoms with Gasteiger partial charge in [0, 0.05) is 105 Å². The minimum atomic E-state index is -2.13. The Labute approximate surface area is 856 Å². The maximum atomic E-state index is 14.9. The number of carbonyl (C=O) groups is 24. The smallest absolute Gasteiger partial charge is 0.305 e. The first-order valence-electron chi connectivity index (χ1n) is 47.9. The highest BCUT2D eigenvalue weighted by Gasteiger charge is 2.42. The molecule has 0 bridgehead atoms. The Morgan fingerprint density at radius 1 is 0.403 bits per heavy atom. The largest absolute Gasteiger partial charge is 0.508 e. The second kappa shape index (κ2) is 57.9. The molecule has 0 radical (unpaired) electrons. The molecule has 15 atom stereocenters. The first-order chi connectivity index (χ1) is 70.7. The number of phenolic OH excluding ortho intramolecular Hbond substituents is 1. The van der Waals surface area contributed by atoms with Crippen LogP contribution in [0.1, 0.15) is 152 Å². The third-order valence-corrected chi connectivity index (χ3v) is 24.9. The van der Waals surface area contributed by atoms with Crippen LogP contribution in [-0.2, 0) is 141 Å². The van der Waals surface area contributed by atoms with Crippen molar-refractivity contribution in [3.05, 3.63) is 138 Å². The van der Waals surface area contributed by atoms with Gasteiger partial charge in [-0.1, -0.05) is 92.7 Å². The van der Waals surface area contributed by atoms with Crippen LogP contribution in [0.25, 0.3) is 21.8 Å². The topological polar surface area (TPSA) is 810 Å². The zero-order chi connectivity index (χ0) is 109. The number of primary amides is 2. The van der Waals surface area contributed by atoms with E-state index in [0.29, 0.717) is 44.9 Å². The minimum absolute atomic E-state index is 0.0822. The van der Waals surface area contributed by atoms with E-state index in [1.807, 2.05) is 0 Å². The number of nitrogens with two attached hydrogens (primary N) is 2. The van der Waals surface area contributed by atoms with Crippen molar-refractivity contribution in [3.8, 4) is 5.75 Å². The number of aromatic nitrogens is 2. The van der Waals surface area contributed by atoms with Crippen LogP contribution >= 0.6 is 11.8 Å². The molecule has 28 N–H and O–H groups in total. The number of nitrogens with one attached hydrogen (secondary N) is 18. The maximum absolute atomic E-state index is 14.9. The Balaban J connectivity index is 0.957. The van der Waals surface area contributed by atoms with E-state index in [2.05, 4.69) is 95.0 Å². The minimum Gasteiger partial charge on any atom is -0.508 e. The molecule has 2 saturated heterocycles. The van der Waals surface area contributed by atoms with E-state index in [1.54, 1.807) is 111 Å². The molecule has 8 rings (SSSR count). The van der Waals surface area contributed by atoms with Crippen LogP contribution in [0.15, 0.2) is 116 Å². The number of rotatable bonds is 62. The highest BCUT2D eigenvalue weighted by Crippen LogP contribution is 2.25. The second-order valence-corrected chi connectivity index (χ2v) is 37.2. The van der Waals surface area contributed by atoms with E-state index in [1.165, 1.54) is 40.9 Å². The van der Waals surface area contributed by atoms with Crippen LogP contribution in [0.3, 0.4) is 0 Å². The van der Waals surface area contributed by atoms with Gasteiger partial charge in [0.25, 0.3) is 0 Å². The van der Waals surface area contributed by atoms with Crippen LogP contribution in [0.4, 0.5) is 0 Å². The Bertz CT molecular complexity index is 5880. The van der Waals surface area contributed by atoms with Gasteiger partial charge in [0.2, 0.25) is 112 Å². The van der Waals surface area contributed by atoms with Crippen LogP contribution in [0, 0.1) is 5.92 Å². The number of para-hydroxylation sites is 2. The number of carbonyl (C=O) groups excluding carboxylic acids is 19. The molecule has 149 heavy (non-hydrogen) atoms. The molecule has 6 aromatic rings. The van der Waals surface area contributed by atoms with Gasteiger partial charge in [0.05, 0.1) is 19.5 Å². The highest BCUT2D eigenvalue weighted by molar-refractivity contribution is 7.98. The molecule has 4 aromatic carbocycles. The number of aliphatic carboxylic acids is 5. The molecule has 2 fully saturated rings. The molecule has 52 heteroatoms. The van der Waals surface area contributed by atoms with Gasteiger partial charge in [-0.2, -0.15) is 11.8 Å². The maximum Gasteiger partial charge on any atom is 0.305 e. The van der Waals surface area contributed by atoms with Crippen LogP contribution in [-0.4, -0.2) is 310 Å². The first-order valence-corrected chi connectivity index (χ1v) is 49.3. The lowest BCUT2D eigenvalue weighted by atomic mass is 9.99. The number of carboxylic acid groups (broad SMARTS) is 5. The number of hydrogen-bond acceptors (Lipinski definition) is 26. The zero-order valence-electron chi connectivity index (χ0n) is 81.9. The molecular formula is C97H125N21O30S. The molecule has 0 aliphatic carbocycles. The van der Waals surface area contributed by atoms with E-state index < -0.39 is 323 Å². The van der Waals surface area contributed by atoms with Crippen molar-refractivity contribution in [2.45, 2.75) is 246 Å². The molecule has 19 amide bonds. The quantitative estimate of drug-likeness (QED) is 0.0173. The molecule has 4 heterocycles. The summed E-state index contributed by atoms with van der Waals surface area (Å²) in [4.78, 5) is 334. The van der Waals surface area contributed by atoms with E-state index >= 15 is 0 Å². The van der Waals surface area contributed by atoms with Gasteiger partial charge in [-0.05, 0) is 136 Å².